The molecule has 1 aliphatic rings. The second kappa shape index (κ2) is 9.09. The van der Waals surface area contributed by atoms with Crippen LogP contribution in [0.2, 0.25) is 0 Å². The average Bonchev–Trinajstić information content (AvgIpc) is 2.93. The summed E-state index contributed by atoms with van der Waals surface area (Å²) in [7, 11) is 3.29. The number of likely N-dealkylation sites (tertiary alicyclic amines) is 1. The fourth-order valence-electron chi connectivity index (χ4n) is 2.75. The first kappa shape index (κ1) is 22.1. The van der Waals surface area contributed by atoms with Crippen molar-refractivity contribution in [3.63, 3.8) is 0 Å². The molecule has 26 heavy (non-hydrogen) atoms. The molecular formula is C18H34N4O4. The Morgan fingerprint density at radius 1 is 1.19 bits per heavy atom. The highest BCUT2D eigenvalue weighted by atomic mass is 16.6. The maximum Gasteiger partial charge on any atom is 0.410 e. The number of nitrogens with zero attached hydrogens (tertiary/aromatic N) is 2. The minimum atomic E-state index is -0.611. The minimum Gasteiger partial charge on any atom is -0.444 e. The number of ether oxygens (including phenoxy) is 1. The summed E-state index contributed by atoms with van der Waals surface area (Å²) in [6.45, 7) is 9.92. The molecule has 1 aliphatic heterocycles. The summed E-state index contributed by atoms with van der Waals surface area (Å²) in [4.78, 5) is 39.9. The molecule has 2 N–H and O–H groups in total. The van der Waals surface area contributed by atoms with Crippen LogP contribution in [0.5, 0.6) is 0 Å². The van der Waals surface area contributed by atoms with Crippen molar-refractivity contribution in [3.8, 4) is 0 Å². The number of carbonyl (C=O) groups is 3. The predicted octanol–water partition coefficient (Wildman–Crippen LogP) is 2.15. The van der Waals surface area contributed by atoms with Crippen molar-refractivity contribution < 1.29 is 19.1 Å². The lowest BCUT2D eigenvalue weighted by atomic mass is 10.1. The van der Waals surface area contributed by atoms with E-state index in [2.05, 4.69) is 10.6 Å². The van der Waals surface area contributed by atoms with Gasteiger partial charge in [0.1, 0.15) is 17.8 Å². The molecular weight excluding hydrogens is 336 g/mol. The lowest BCUT2D eigenvalue weighted by Crippen LogP contribution is -2.56. The second-order valence-electron chi connectivity index (χ2n) is 8.37. The highest BCUT2D eigenvalue weighted by molar-refractivity contribution is 5.87. The molecule has 1 heterocycles. The number of carbonyl (C=O) groups excluding carboxylic acids is 3. The maximum absolute atomic E-state index is 12.7. The monoisotopic (exact) mass is 370 g/mol. The Hall–Kier alpha value is -1.99. The van der Waals surface area contributed by atoms with Crippen molar-refractivity contribution in [2.24, 2.45) is 5.92 Å². The Labute approximate surface area is 156 Å². The average molecular weight is 370 g/mol. The quantitative estimate of drug-likeness (QED) is 0.726. The summed E-state index contributed by atoms with van der Waals surface area (Å²) in [5.41, 5.74) is -0.611. The van der Waals surface area contributed by atoms with Crippen LogP contribution in [-0.4, -0.2) is 66.3 Å². The second-order valence-corrected chi connectivity index (χ2v) is 8.37. The van der Waals surface area contributed by atoms with Crippen LogP contribution in [0.1, 0.15) is 53.9 Å². The zero-order valence-corrected chi connectivity index (χ0v) is 17.1. The van der Waals surface area contributed by atoms with Crippen LogP contribution in [-0.2, 0) is 9.53 Å². The van der Waals surface area contributed by atoms with E-state index >= 15 is 0 Å². The van der Waals surface area contributed by atoms with Crippen LogP contribution >= 0.6 is 0 Å². The summed E-state index contributed by atoms with van der Waals surface area (Å²) in [5, 5.41) is 5.68. The molecule has 0 radical (unpaired) electrons. The standard InChI is InChI=1S/C18H34N4O4/c1-12(2)11-14(20-16(24)21(6)7)19-15(23)13-9-8-10-22(13)17(25)26-18(3,4)5/h12-14H,8-11H2,1-7H3,(H,19,23)(H,20,24)/t13-,14+/m0/s1. The van der Waals surface area contributed by atoms with Crippen LogP contribution in [0, 0.1) is 5.92 Å². The summed E-state index contributed by atoms with van der Waals surface area (Å²) >= 11 is 0. The molecule has 0 unspecified atom stereocenters. The van der Waals surface area contributed by atoms with Crippen molar-refractivity contribution in [2.75, 3.05) is 20.6 Å². The van der Waals surface area contributed by atoms with Crippen LogP contribution in [0.25, 0.3) is 0 Å². The van der Waals surface area contributed by atoms with Crippen molar-refractivity contribution in [1.82, 2.24) is 20.4 Å². The van der Waals surface area contributed by atoms with Crippen LogP contribution in [0.3, 0.4) is 0 Å². The largest absolute Gasteiger partial charge is 0.444 e. The number of nitrogens with one attached hydrogen (secondary N) is 2. The van der Waals surface area contributed by atoms with E-state index in [1.807, 2.05) is 13.8 Å². The first-order chi connectivity index (χ1) is 11.9. The lowest BCUT2D eigenvalue weighted by molar-refractivity contribution is -0.126. The molecule has 0 bridgehead atoms. The van der Waals surface area contributed by atoms with E-state index in [4.69, 9.17) is 4.74 Å². The van der Waals surface area contributed by atoms with E-state index in [1.54, 1.807) is 34.9 Å². The molecule has 0 saturated carbocycles. The third-order valence-electron chi connectivity index (χ3n) is 3.91. The molecule has 2 atom stereocenters. The molecule has 0 aromatic rings. The van der Waals surface area contributed by atoms with Crippen LogP contribution in [0.15, 0.2) is 0 Å². The molecule has 150 valence electrons. The smallest absolute Gasteiger partial charge is 0.410 e. The Morgan fingerprint density at radius 2 is 1.81 bits per heavy atom. The molecule has 0 aromatic heterocycles. The van der Waals surface area contributed by atoms with Crippen LogP contribution in [0.4, 0.5) is 9.59 Å². The normalized spacial score (nSPS) is 18.5. The summed E-state index contributed by atoms with van der Waals surface area (Å²) in [5.74, 6) is 0.0198. The topological polar surface area (TPSA) is 91.0 Å². The maximum atomic E-state index is 12.7. The molecule has 1 saturated heterocycles. The van der Waals surface area contributed by atoms with E-state index in [-0.39, 0.29) is 17.9 Å². The van der Waals surface area contributed by atoms with Crippen molar-refractivity contribution >= 4 is 18.0 Å². The molecule has 4 amide bonds. The third kappa shape index (κ3) is 7.09. The summed E-state index contributed by atoms with van der Waals surface area (Å²) in [6, 6.07) is -0.845. The molecule has 0 aliphatic carbocycles. The van der Waals surface area contributed by atoms with Gasteiger partial charge in [0.05, 0.1) is 0 Å². The Morgan fingerprint density at radius 3 is 2.31 bits per heavy atom. The van der Waals surface area contributed by atoms with Gasteiger partial charge < -0.3 is 20.3 Å². The van der Waals surface area contributed by atoms with Crippen molar-refractivity contribution in [2.45, 2.75) is 71.7 Å². The van der Waals surface area contributed by atoms with Gasteiger partial charge in [-0.3, -0.25) is 9.69 Å². The van der Waals surface area contributed by atoms with Gasteiger partial charge in [-0.2, -0.15) is 0 Å². The van der Waals surface area contributed by atoms with Crippen LogP contribution < -0.4 is 10.6 Å². The van der Waals surface area contributed by atoms with E-state index in [0.29, 0.717) is 19.4 Å². The summed E-state index contributed by atoms with van der Waals surface area (Å²) in [6.07, 6.45) is 0.966. The fraction of sp³-hybridized carbons (Fsp3) is 0.833. The van der Waals surface area contributed by atoms with Gasteiger partial charge >= 0.3 is 12.1 Å². The van der Waals surface area contributed by atoms with Gasteiger partial charge in [0.25, 0.3) is 0 Å². The number of amides is 4. The Kier molecular flexibility index (Phi) is 7.71. The number of urea groups is 1. The molecule has 8 nitrogen and oxygen atoms in total. The predicted molar refractivity (Wildman–Crippen MR) is 99.6 cm³/mol. The van der Waals surface area contributed by atoms with E-state index in [0.717, 1.165) is 6.42 Å². The highest BCUT2D eigenvalue weighted by Gasteiger charge is 2.37. The van der Waals surface area contributed by atoms with Gasteiger partial charge in [0.2, 0.25) is 5.91 Å². The molecule has 0 spiro atoms. The van der Waals surface area contributed by atoms with E-state index < -0.39 is 23.9 Å². The SMILES string of the molecule is CC(C)C[C@H](NC(=O)[C@@H]1CCCN1C(=O)OC(C)(C)C)NC(=O)N(C)C. The van der Waals surface area contributed by atoms with Gasteiger partial charge in [0.15, 0.2) is 0 Å². The van der Waals surface area contributed by atoms with Gasteiger partial charge in [-0.1, -0.05) is 13.8 Å². The fourth-order valence-corrected chi connectivity index (χ4v) is 2.75. The molecule has 0 aromatic carbocycles. The number of hydrogen-bond donors (Lipinski definition) is 2. The number of hydrogen-bond acceptors (Lipinski definition) is 4. The molecule has 1 rings (SSSR count). The van der Waals surface area contributed by atoms with Gasteiger partial charge in [-0.25, -0.2) is 9.59 Å². The minimum absolute atomic E-state index is 0.266. The number of rotatable bonds is 5. The van der Waals surface area contributed by atoms with Gasteiger partial charge in [-0.05, 0) is 46.0 Å². The Bertz CT molecular complexity index is 514. The summed E-state index contributed by atoms with van der Waals surface area (Å²) < 4.78 is 5.40. The van der Waals surface area contributed by atoms with Crippen molar-refractivity contribution in [1.29, 1.82) is 0 Å². The first-order valence-corrected chi connectivity index (χ1v) is 9.18. The van der Waals surface area contributed by atoms with Gasteiger partial charge in [0, 0.05) is 20.6 Å². The third-order valence-corrected chi connectivity index (χ3v) is 3.91. The van der Waals surface area contributed by atoms with Crippen molar-refractivity contribution in [3.05, 3.63) is 0 Å². The zero-order chi connectivity index (χ0) is 20.1. The van der Waals surface area contributed by atoms with Gasteiger partial charge in [-0.15, -0.1) is 0 Å². The lowest BCUT2D eigenvalue weighted by Gasteiger charge is -2.30. The zero-order valence-electron chi connectivity index (χ0n) is 17.1. The van der Waals surface area contributed by atoms with E-state index in [1.165, 1.54) is 9.80 Å². The molecule has 1 fully saturated rings. The highest BCUT2D eigenvalue weighted by Crippen LogP contribution is 2.21. The Balaban J connectivity index is 2.77. The molecule has 8 heteroatoms. The first-order valence-electron chi connectivity index (χ1n) is 9.18. The van der Waals surface area contributed by atoms with E-state index in [9.17, 15) is 14.4 Å².